The number of hydrogen-bond acceptors (Lipinski definition) is 5. The number of halogens is 1. The van der Waals surface area contributed by atoms with Gasteiger partial charge < -0.3 is 9.84 Å². The molecule has 110 valence electrons. The highest BCUT2D eigenvalue weighted by molar-refractivity contribution is 9.10. The monoisotopic (exact) mass is 370 g/mol. The fraction of sp³-hybridized carbons (Fsp3) is 0.154. The molecule has 2 aromatic rings. The zero-order chi connectivity index (χ0) is 15.4. The number of methoxy groups -OCH3 is 1. The Balaban J connectivity index is 2.47. The van der Waals surface area contributed by atoms with Crippen LogP contribution in [-0.4, -0.2) is 33.5 Å². The first kappa shape index (κ1) is 15.6. The summed E-state index contributed by atoms with van der Waals surface area (Å²) in [6, 6.07) is 6.70. The van der Waals surface area contributed by atoms with E-state index in [0.717, 1.165) is 21.9 Å². The maximum atomic E-state index is 11.4. The number of thioether (sulfide) groups is 1. The van der Waals surface area contributed by atoms with Crippen LogP contribution in [0.2, 0.25) is 0 Å². The van der Waals surface area contributed by atoms with Gasteiger partial charge in [0, 0.05) is 18.3 Å². The first-order valence-corrected chi connectivity index (χ1v) is 7.57. The number of carbonyl (C=O) groups is 1. The molecular formula is C13H11BrN2O4S. The minimum Gasteiger partial charge on any atom is -0.495 e. The van der Waals surface area contributed by atoms with E-state index in [2.05, 4.69) is 20.9 Å². The van der Waals surface area contributed by atoms with E-state index in [1.807, 2.05) is 6.07 Å². The van der Waals surface area contributed by atoms with Crippen molar-refractivity contribution in [1.82, 2.24) is 9.55 Å². The van der Waals surface area contributed by atoms with E-state index in [9.17, 15) is 9.59 Å². The summed E-state index contributed by atoms with van der Waals surface area (Å²) in [7, 11) is 1.55. The van der Waals surface area contributed by atoms with Crippen molar-refractivity contribution in [2.45, 2.75) is 5.16 Å². The summed E-state index contributed by atoms with van der Waals surface area (Å²) in [5, 5.41) is 9.08. The number of carboxylic acids is 1. The third kappa shape index (κ3) is 3.85. The molecule has 0 aliphatic heterocycles. The standard InChI is InChI=1S/C13H11BrN2O4S/c1-20-10-6-8(2-3-9(10)14)16-5-4-11(17)15-13(16)21-7-12(18)19/h2-6H,7H2,1H3,(H,18,19). The summed E-state index contributed by atoms with van der Waals surface area (Å²) in [4.78, 5) is 25.9. The molecule has 0 saturated carbocycles. The van der Waals surface area contributed by atoms with Gasteiger partial charge in [-0.3, -0.25) is 14.2 Å². The number of rotatable bonds is 5. The molecule has 0 atom stereocenters. The number of benzene rings is 1. The van der Waals surface area contributed by atoms with Crippen LogP contribution in [0, 0.1) is 0 Å². The molecule has 1 N–H and O–H groups in total. The quantitative estimate of drug-likeness (QED) is 0.641. The summed E-state index contributed by atoms with van der Waals surface area (Å²) >= 11 is 4.34. The molecule has 21 heavy (non-hydrogen) atoms. The Kier molecular flexibility index (Phi) is 5.03. The summed E-state index contributed by atoms with van der Waals surface area (Å²) in [6.07, 6.45) is 1.56. The largest absolute Gasteiger partial charge is 0.495 e. The zero-order valence-corrected chi connectivity index (χ0v) is 13.3. The van der Waals surface area contributed by atoms with Gasteiger partial charge in [0.2, 0.25) is 0 Å². The predicted octanol–water partition coefficient (Wildman–Crippen LogP) is 2.18. The van der Waals surface area contributed by atoms with Crippen LogP contribution in [0.3, 0.4) is 0 Å². The minimum absolute atomic E-state index is 0.176. The molecule has 0 unspecified atom stereocenters. The summed E-state index contributed by atoms with van der Waals surface area (Å²) < 4.78 is 7.66. The molecule has 0 bridgehead atoms. The number of hydrogen-bond donors (Lipinski definition) is 1. The normalized spacial score (nSPS) is 10.4. The average Bonchev–Trinajstić information content (AvgIpc) is 2.46. The summed E-state index contributed by atoms with van der Waals surface area (Å²) in [5.74, 6) is -0.525. The van der Waals surface area contributed by atoms with Gasteiger partial charge in [0.05, 0.1) is 23.0 Å². The van der Waals surface area contributed by atoms with Crippen molar-refractivity contribution in [3.05, 3.63) is 45.3 Å². The lowest BCUT2D eigenvalue weighted by molar-refractivity contribution is -0.133. The van der Waals surface area contributed by atoms with E-state index in [-0.39, 0.29) is 5.75 Å². The second kappa shape index (κ2) is 6.77. The smallest absolute Gasteiger partial charge is 0.313 e. The van der Waals surface area contributed by atoms with Gasteiger partial charge in [-0.25, -0.2) is 0 Å². The maximum Gasteiger partial charge on any atom is 0.313 e. The van der Waals surface area contributed by atoms with Crippen LogP contribution in [0.1, 0.15) is 0 Å². The molecule has 0 saturated heterocycles. The van der Waals surface area contributed by atoms with Crippen LogP contribution >= 0.6 is 27.7 Å². The average molecular weight is 371 g/mol. The molecule has 1 heterocycles. The second-order valence-electron chi connectivity index (χ2n) is 3.92. The van der Waals surface area contributed by atoms with Crippen molar-refractivity contribution in [1.29, 1.82) is 0 Å². The van der Waals surface area contributed by atoms with Gasteiger partial charge in [-0.2, -0.15) is 4.98 Å². The van der Waals surface area contributed by atoms with E-state index in [1.54, 1.807) is 30.0 Å². The highest BCUT2D eigenvalue weighted by Gasteiger charge is 2.10. The molecule has 0 amide bonds. The topological polar surface area (TPSA) is 81.4 Å². The van der Waals surface area contributed by atoms with E-state index < -0.39 is 11.5 Å². The molecule has 0 radical (unpaired) electrons. The van der Waals surface area contributed by atoms with Crippen LogP contribution in [0.5, 0.6) is 5.75 Å². The molecule has 0 aliphatic rings. The Hall–Kier alpha value is -1.80. The van der Waals surface area contributed by atoms with Gasteiger partial charge in [0.15, 0.2) is 5.16 Å². The van der Waals surface area contributed by atoms with Gasteiger partial charge >= 0.3 is 5.97 Å². The lowest BCUT2D eigenvalue weighted by Gasteiger charge is -2.12. The number of nitrogens with zero attached hydrogens (tertiary/aromatic N) is 2. The molecule has 2 rings (SSSR count). The Bertz CT molecular complexity index is 732. The van der Waals surface area contributed by atoms with Crippen LogP contribution in [0.4, 0.5) is 0 Å². The SMILES string of the molecule is COc1cc(-n2ccc(=O)nc2SCC(=O)O)ccc1Br. The summed E-state index contributed by atoms with van der Waals surface area (Å²) in [5.41, 5.74) is 0.304. The fourth-order valence-electron chi connectivity index (χ4n) is 1.61. The molecule has 0 spiro atoms. The van der Waals surface area contributed by atoms with E-state index in [4.69, 9.17) is 9.84 Å². The molecule has 1 aromatic carbocycles. The summed E-state index contributed by atoms with van der Waals surface area (Å²) in [6.45, 7) is 0. The molecule has 0 fully saturated rings. The Labute approximate surface area is 132 Å². The first-order valence-electron chi connectivity index (χ1n) is 5.79. The lowest BCUT2D eigenvalue weighted by Crippen LogP contribution is -2.13. The molecular weight excluding hydrogens is 360 g/mol. The molecule has 0 aliphatic carbocycles. The van der Waals surface area contributed by atoms with Crippen molar-refractivity contribution < 1.29 is 14.6 Å². The molecule has 8 heteroatoms. The van der Waals surface area contributed by atoms with E-state index >= 15 is 0 Å². The zero-order valence-electron chi connectivity index (χ0n) is 10.9. The third-order valence-corrected chi connectivity index (χ3v) is 4.11. The Morgan fingerprint density at radius 2 is 2.24 bits per heavy atom. The van der Waals surface area contributed by atoms with Gasteiger partial charge in [0.1, 0.15) is 5.75 Å². The van der Waals surface area contributed by atoms with Crippen molar-refractivity contribution in [2.24, 2.45) is 0 Å². The van der Waals surface area contributed by atoms with Crippen molar-refractivity contribution >= 4 is 33.7 Å². The van der Waals surface area contributed by atoms with Crippen LogP contribution < -0.4 is 10.3 Å². The number of aliphatic carboxylic acids is 1. The first-order chi connectivity index (χ1) is 10.0. The fourth-order valence-corrected chi connectivity index (χ4v) is 2.73. The van der Waals surface area contributed by atoms with Crippen molar-refractivity contribution in [2.75, 3.05) is 12.9 Å². The lowest BCUT2D eigenvalue weighted by atomic mass is 10.3. The Morgan fingerprint density at radius 3 is 2.90 bits per heavy atom. The maximum absolute atomic E-state index is 11.4. The van der Waals surface area contributed by atoms with Crippen LogP contribution in [0.15, 0.2) is 44.9 Å². The second-order valence-corrected chi connectivity index (χ2v) is 5.72. The number of aromatic nitrogens is 2. The highest BCUT2D eigenvalue weighted by Crippen LogP contribution is 2.28. The van der Waals surface area contributed by atoms with Crippen LogP contribution in [0.25, 0.3) is 5.69 Å². The van der Waals surface area contributed by atoms with Crippen molar-refractivity contribution in [3.8, 4) is 11.4 Å². The van der Waals surface area contributed by atoms with Gasteiger partial charge in [0.25, 0.3) is 5.56 Å². The highest BCUT2D eigenvalue weighted by atomic mass is 79.9. The van der Waals surface area contributed by atoms with Crippen LogP contribution in [-0.2, 0) is 4.79 Å². The molecule has 6 nitrogen and oxygen atoms in total. The van der Waals surface area contributed by atoms with Crippen molar-refractivity contribution in [3.63, 3.8) is 0 Å². The van der Waals surface area contributed by atoms with E-state index in [0.29, 0.717) is 10.9 Å². The number of ether oxygens (including phenoxy) is 1. The van der Waals surface area contributed by atoms with E-state index in [1.165, 1.54) is 6.07 Å². The predicted molar refractivity (Wildman–Crippen MR) is 82.4 cm³/mol. The van der Waals surface area contributed by atoms with Gasteiger partial charge in [-0.05, 0) is 28.1 Å². The number of carboxylic acid groups (broad SMARTS) is 1. The Morgan fingerprint density at radius 1 is 1.48 bits per heavy atom. The molecule has 1 aromatic heterocycles. The van der Waals surface area contributed by atoms with Gasteiger partial charge in [-0.15, -0.1) is 0 Å². The minimum atomic E-state index is -0.974. The van der Waals surface area contributed by atoms with Gasteiger partial charge in [-0.1, -0.05) is 11.8 Å². The third-order valence-electron chi connectivity index (χ3n) is 2.52.